The van der Waals surface area contributed by atoms with Crippen LogP contribution in [0.25, 0.3) is 21.9 Å². The van der Waals surface area contributed by atoms with Gasteiger partial charge in [0.25, 0.3) is 5.91 Å². The lowest BCUT2D eigenvalue weighted by atomic mass is 10.1. The predicted octanol–water partition coefficient (Wildman–Crippen LogP) is 6.18. The number of rotatable bonds is 7. The zero-order valence-electron chi connectivity index (χ0n) is 19.0. The molecule has 1 amide bonds. The van der Waals surface area contributed by atoms with E-state index in [1.807, 2.05) is 6.07 Å². The smallest absolute Gasteiger partial charge is 0.293 e. The number of nitrogens with one attached hydrogen (secondary N) is 2. The van der Waals surface area contributed by atoms with Crippen molar-refractivity contribution in [1.82, 2.24) is 0 Å². The lowest BCUT2D eigenvalue weighted by Gasteiger charge is -2.08. The molecule has 3 aromatic carbocycles. The third-order valence-corrected chi connectivity index (χ3v) is 5.73. The molecule has 5 rings (SSSR count). The lowest BCUT2D eigenvalue weighted by Crippen LogP contribution is -2.18. The van der Waals surface area contributed by atoms with Crippen LogP contribution in [0.1, 0.15) is 26.7 Å². The van der Waals surface area contributed by atoms with E-state index in [0.29, 0.717) is 44.6 Å². The number of para-hydroxylation sites is 1. The highest BCUT2D eigenvalue weighted by atomic mass is 19.1. The molecular formula is C27H21FN2O5. The maximum Gasteiger partial charge on any atom is 0.293 e. The Labute approximate surface area is 199 Å². The number of carbonyl (C=O) groups is 2. The van der Waals surface area contributed by atoms with Gasteiger partial charge < -0.3 is 24.2 Å². The normalized spacial score (nSPS) is 11.1. The summed E-state index contributed by atoms with van der Waals surface area (Å²) in [6.07, 6.45) is 0. The van der Waals surface area contributed by atoms with Gasteiger partial charge in [0.2, 0.25) is 11.5 Å². The van der Waals surface area contributed by atoms with E-state index in [1.54, 1.807) is 56.5 Å². The van der Waals surface area contributed by atoms with Crippen molar-refractivity contribution >= 4 is 45.0 Å². The molecule has 8 heteroatoms. The second kappa shape index (κ2) is 8.98. The highest BCUT2D eigenvalue weighted by molar-refractivity contribution is 6.12. The number of benzene rings is 3. The molecule has 0 atom stereocenters. The summed E-state index contributed by atoms with van der Waals surface area (Å²) in [4.78, 5) is 26.1. The largest absolute Gasteiger partial charge is 0.497 e. The average Bonchev–Trinajstić information content (AvgIpc) is 3.41. The number of halogens is 1. The topological polar surface area (TPSA) is 93.7 Å². The third-order valence-electron chi connectivity index (χ3n) is 5.73. The van der Waals surface area contributed by atoms with Crippen molar-refractivity contribution < 1.29 is 27.6 Å². The van der Waals surface area contributed by atoms with Crippen LogP contribution in [0.2, 0.25) is 0 Å². The molecule has 0 aliphatic heterocycles. The van der Waals surface area contributed by atoms with Crippen molar-refractivity contribution in [3.05, 3.63) is 89.6 Å². The maximum atomic E-state index is 13.6. The van der Waals surface area contributed by atoms with E-state index in [1.165, 1.54) is 18.2 Å². The number of methoxy groups -OCH3 is 1. The van der Waals surface area contributed by atoms with E-state index >= 15 is 0 Å². The Morgan fingerprint density at radius 3 is 2.40 bits per heavy atom. The number of ketones is 1. The first-order chi connectivity index (χ1) is 16.9. The summed E-state index contributed by atoms with van der Waals surface area (Å²) in [6, 6.07) is 18.1. The van der Waals surface area contributed by atoms with E-state index in [2.05, 4.69) is 10.6 Å². The molecule has 0 spiro atoms. The van der Waals surface area contributed by atoms with Gasteiger partial charge in [-0.3, -0.25) is 9.59 Å². The van der Waals surface area contributed by atoms with Gasteiger partial charge in [0.15, 0.2) is 5.76 Å². The van der Waals surface area contributed by atoms with Crippen LogP contribution in [0.4, 0.5) is 15.8 Å². The Morgan fingerprint density at radius 1 is 0.914 bits per heavy atom. The molecule has 5 aromatic rings. The Balaban J connectivity index is 1.42. The summed E-state index contributed by atoms with van der Waals surface area (Å²) in [6.45, 7) is 1.55. The van der Waals surface area contributed by atoms with E-state index in [-0.39, 0.29) is 23.8 Å². The summed E-state index contributed by atoms with van der Waals surface area (Å²) >= 11 is 0. The molecule has 0 aliphatic rings. The molecule has 2 N–H and O–H groups in total. The Kier molecular flexibility index (Phi) is 5.70. The van der Waals surface area contributed by atoms with Crippen molar-refractivity contribution in [3.63, 3.8) is 0 Å². The lowest BCUT2D eigenvalue weighted by molar-refractivity contribution is 0.0976. The Bertz CT molecular complexity index is 1570. The summed E-state index contributed by atoms with van der Waals surface area (Å²) in [7, 11) is 1.56. The van der Waals surface area contributed by atoms with Gasteiger partial charge in [0, 0.05) is 22.0 Å². The number of furan rings is 2. The zero-order valence-corrected chi connectivity index (χ0v) is 19.0. The van der Waals surface area contributed by atoms with Crippen molar-refractivity contribution in [3.8, 4) is 5.75 Å². The van der Waals surface area contributed by atoms with Crippen molar-refractivity contribution in [2.24, 2.45) is 0 Å². The molecule has 2 aromatic heterocycles. The molecule has 176 valence electrons. The van der Waals surface area contributed by atoms with E-state index in [4.69, 9.17) is 13.6 Å². The van der Waals surface area contributed by atoms with Gasteiger partial charge in [-0.1, -0.05) is 12.1 Å². The second-order valence-electron chi connectivity index (χ2n) is 7.96. The van der Waals surface area contributed by atoms with Crippen molar-refractivity contribution in [2.45, 2.75) is 6.92 Å². The third kappa shape index (κ3) is 4.21. The molecule has 0 aliphatic carbocycles. The molecule has 7 nitrogen and oxygen atoms in total. The Hall–Kier alpha value is -4.59. The fraction of sp³-hybridized carbons (Fsp3) is 0.111. The number of amides is 1. The summed E-state index contributed by atoms with van der Waals surface area (Å²) < 4.78 is 30.3. The highest BCUT2D eigenvalue weighted by Crippen LogP contribution is 2.32. The number of Topliss-reactive ketones (excluding diaryl/α,β-unsaturated/α-hetero) is 1. The number of fused-ring (bicyclic) bond motifs is 2. The molecule has 0 fully saturated rings. The monoisotopic (exact) mass is 472 g/mol. The van der Waals surface area contributed by atoms with E-state index in [0.717, 1.165) is 0 Å². The fourth-order valence-electron chi connectivity index (χ4n) is 3.95. The first-order valence-corrected chi connectivity index (χ1v) is 10.9. The Morgan fingerprint density at radius 2 is 1.63 bits per heavy atom. The minimum Gasteiger partial charge on any atom is -0.497 e. The zero-order chi connectivity index (χ0) is 24.5. The molecular weight excluding hydrogens is 451 g/mol. The molecule has 2 heterocycles. The molecule has 0 bridgehead atoms. The first-order valence-electron chi connectivity index (χ1n) is 10.9. The molecule has 0 saturated carbocycles. The second-order valence-corrected chi connectivity index (χ2v) is 7.96. The van der Waals surface area contributed by atoms with Crippen LogP contribution in [0, 0.1) is 12.7 Å². The summed E-state index contributed by atoms with van der Waals surface area (Å²) in [5.41, 5.74) is 2.43. The van der Waals surface area contributed by atoms with E-state index < -0.39 is 11.7 Å². The van der Waals surface area contributed by atoms with Crippen LogP contribution in [-0.4, -0.2) is 25.3 Å². The molecule has 0 saturated heterocycles. The van der Waals surface area contributed by atoms with Gasteiger partial charge in [-0.05, 0) is 61.5 Å². The van der Waals surface area contributed by atoms with Gasteiger partial charge in [-0.25, -0.2) is 4.39 Å². The van der Waals surface area contributed by atoms with Gasteiger partial charge in [-0.2, -0.15) is 0 Å². The summed E-state index contributed by atoms with van der Waals surface area (Å²) in [5.74, 6) is -0.386. The molecule has 35 heavy (non-hydrogen) atoms. The van der Waals surface area contributed by atoms with Crippen LogP contribution in [0.5, 0.6) is 5.75 Å². The SMILES string of the molecule is COc1ccc(NC(=O)c2oc3ccccc3c2NCC(=O)c2oc3ccc(F)cc3c2C)cc1. The molecule has 0 radical (unpaired) electrons. The number of ether oxygens (including phenoxy) is 1. The number of aryl methyl sites for hydroxylation is 1. The van der Waals surface area contributed by atoms with Crippen LogP contribution < -0.4 is 15.4 Å². The first kappa shape index (κ1) is 22.2. The van der Waals surface area contributed by atoms with Crippen molar-refractivity contribution in [1.29, 1.82) is 0 Å². The van der Waals surface area contributed by atoms with Crippen LogP contribution >= 0.6 is 0 Å². The molecule has 0 unspecified atom stereocenters. The van der Waals surface area contributed by atoms with Crippen LogP contribution in [0.15, 0.2) is 75.6 Å². The maximum absolute atomic E-state index is 13.6. The standard InChI is InChI=1S/C27H21FN2O5/c1-15-20-13-16(28)7-12-23(20)34-25(15)21(31)14-29-24-19-5-3-4-6-22(19)35-26(24)27(32)30-17-8-10-18(33-2)11-9-17/h3-13,29H,14H2,1-2H3,(H,30,32). The predicted molar refractivity (Wildman–Crippen MR) is 131 cm³/mol. The average molecular weight is 472 g/mol. The fourth-order valence-corrected chi connectivity index (χ4v) is 3.95. The minimum absolute atomic E-state index is 0.0400. The van der Waals surface area contributed by atoms with Crippen LogP contribution in [0.3, 0.4) is 0 Å². The number of hydrogen-bond donors (Lipinski definition) is 2. The van der Waals surface area contributed by atoms with Gasteiger partial charge in [0.05, 0.1) is 19.3 Å². The van der Waals surface area contributed by atoms with Gasteiger partial charge >= 0.3 is 0 Å². The number of hydrogen-bond acceptors (Lipinski definition) is 6. The minimum atomic E-state index is -0.475. The number of anilines is 2. The van der Waals surface area contributed by atoms with Gasteiger partial charge in [0.1, 0.15) is 22.7 Å². The van der Waals surface area contributed by atoms with E-state index in [9.17, 15) is 14.0 Å². The van der Waals surface area contributed by atoms with Crippen LogP contribution in [-0.2, 0) is 0 Å². The van der Waals surface area contributed by atoms with Gasteiger partial charge in [-0.15, -0.1) is 0 Å². The summed E-state index contributed by atoms with van der Waals surface area (Å²) in [5, 5.41) is 7.04. The van der Waals surface area contributed by atoms with Crippen molar-refractivity contribution in [2.75, 3.05) is 24.3 Å². The quantitative estimate of drug-likeness (QED) is 0.275. The highest BCUT2D eigenvalue weighted by Gasteiger charge is 2.23. The number of carbonyl (C=O) groups excluding carboxylic acids is 2.